The van der Waals surface area contributed by atoms with E-state index in [2.05, 4.69) is 6.92 Å². The van der Waals surface area contributed by atoms with Crippen LogP contribution in [-0.4, -0.2) is 46.2 Å². The molecule has 0 amide bonds. The van der Waals surface area contributed by atoms with E-state index in [-0.39, 0.29) is 25.7 Å². The Bertz CT molecular complexity index is 205. The average Bonchev–Trinajstić information content (AvgIpc) is 2.48. The Morgan fingerprint density at radius 1 is 0.857 bits per heavy atom. The summed E-state index contributed by atoms with van der Waals surface area (Å²) in [7, 11) is 0. The van der Waals surface area contributed by atoms with Gasteiger partial charge in [0, 0.05) is 32.2 Å². The fourth-order valence-electron chi connectivity index (χ4n) is 1.85. The first-order valence-electron chi connectivity index (χ1n) is 8.16. The molecule has 0 aromatic carbocycles. The van der Waals surface area contributed by atoms with E-state index in [0.29, 0.717) is 19.3 Å². The van der Waals surface area contributed by atoms with Crippen molar-refractivity contribution in [3.05, 3.63) is 0 Å². The number of carboxylic acid groups (broad SMARTS) is 1. The van der Waals surface area contributed by atoms with Gasteiger partial charge in [0.05, 0.1) is 0 Å². The second kappa shape index (κ2) is 19.4. The molecular weight excluding hydrogens is 272 g/mol. The first-order chi connectivity index (χ1) is 10.1. The van der Waals surface area contributed by atoms with Gasteiger partial charge in [-0.05, 0) is 19.3 Å². The maximum atomic E-state index is 10.1. The summed E-state index contributed by atoms with van der Waals surface area (Å²) < 4.78 is 0. The molecule has 0 aromatic heterocycles. The number of aliphatic hydroxyl groups is 3. The Morgan fingerprint density at radius 3 is 1.81 bits per heavy atom. The van der Waals surface area contributed by atoms with Crippen molar-refractivity contribution >= 4 is 5.97 Å². The molecule has 21 heavy (non-hydrogen) atoms. The quantitative estimate of drug-likeness (QED) is 0.392. The van der Waals surface area contributed by atoms with Gasteiger partial charge in [0.2, 0.25) is 0 Å². The third kappa shape index (κ3) is 21.8. The predicted octanol–water partition coefficient (Wildman–Crippen LogP) is 2.57. The highest BCUT2D eigenvalue weighted by atomic mass is 16.4. The summed E-state index contributed by atoms with van der Waals surface area (Å²) in [6, 6.07) is 0. The number of carboxylic acids is 1. The van der Waals surface area contributed by atoms with Crippen molar-refractivity contribution in [3.8, 4) is 0 Å². The van der Waals surface area contributed by atoms with Crippen molar-refractivity contribution in [2.45, 2.75) is 71.1 Å². The van der Waals surface area contributed by atoms with Gasteiger partial charge in [0.25, 0.3) is 0 Å². The van der Waals surface area contributed by atoms with Gasteiger partial charge in [-0.2, -0.15) is 0 Å². The second-order valence-corrected chi connectivity index (χ2v) is 5.36. The fraction of sp³-hybridized carbons (Fsp3) is 0.938. The Kier molecular flexibility index (Phi) is 20.9. The first-order valence-corrected chi connectivity index (χ1v) is 8.16. The van der Waals surface area contributed by atoms with E-state index in [1.54, 1.807) is 0 Å². The summed E-state index contributed by atoms with van der Waals surface area (Å²) in [5.74, 6) is -0.708. The molecule has 5 heteroatoms. The molecule has 0 unspecified atom stereocenters. The molecule has 4 N–H and O–H groups in total. The van der Waals surface area contributed by atoms with E-state index in [1.807, 2.05) is 0 Å². The van der Waals surface area contributed by atoms with E-state index in [9.17, 15) is 4.79 Å². The van der Waals surface area contributed by atoms with Crippen molar-refractivity contribution in [3.63, 3.8) is 0 Å². The van der Waals surface area contributed by atoms with Crippen molar-refractivity contribution in [2.24, 2.45) is 5.92 Å². The maximum Gasteiger partial charge on any atom is 0.303 e. The lowest BCUT2D eigenvalue weighted by Gasteiger charge is -2.07. The Hall–Kier alpha value is -0.650. The third-order valence-corrected chi connectivity index (χ3v) is 3.28. The number of aliphatic hydroxyl groups excluding tert-OH is 3. The zero-order valence-corrected chi connectivity index (χ0v) is 13.5. The normalized spacial score (nSPS) is 10.3. The topological polar surface area (TPSA) is 98.0 Å². The fourth-order valence-corrected chi connectivity index (χ4v) is 1.85. The minimum absolute atomic E-state index is 0.0104. The lowest BCUT2D eigenvalue weighted by molar-refractivity contribution is -0.137. The van der Waals surface area contributed by atoms with E-state index in [1.165, 1.54) is 32.1 Å². The first kappa shape index (κ1) is 22.6. The Labute approximate surface area is 129 Å². The van der Waals surface area contributed by atoms with Crippen LogP contribution in [0.2, 0.25) is 0 Å². The van der Waals surface area contributed by atoms with Gasteiger partial charge in [0.15, 0.2) is 0 Å². The SMILES string of the molecule is CCCCCCCCCC(=O)O.OCCCC(CO)CO. The summed E-state index contributed by atoms with van der Waals surface area (Å²) in [5.41, 5.74) is 0. The molecule has 0 saturated heterocycles. The van der Waals surface area contributed by atoms with Crippen LogP contribution in [0.15, 0.2) is 0 Å². The molecular formula is C16H34O5. The van der Waals surface area contributed by atoms with Crippen LogP contribution in [0, 0.1) is 5.92 Å². The highest BCUT2D eigenvalue weighted by molar-refractivity contribution is 5.66. The van der Waals surface area contributed by atoms with Crippen LogP contribution in [0.4, 0.5) is 0 Å². The van der Waals surface area contributed by atoms with E-state index in [4.69, 9.17) is 20.4 Å². The van der Waals surface area contributed by atoms with Crippen LogP contribution in [0.5, 0.6) is 0 Å². The monoisotopic (exact) mass is 306 g/mol. The number of carbonyl (C=O) groups is 1. The lowest BCUT2D eigenvalue weighted by Crippen LogP contribution is -2.11. The standard InChI is InChI=1S/C10H20O2.C6H14O3/c1-2-3-4-5-6-7-8-9-10(11)12;7-3-1-2-6(4-8)5-9/h2-9H2,1H3,(H,11,12);6-9H,1-5H2. The molecule has 0 aromatic rings. The molecule has 0 rings (SSSR count). The molecule has 0 atom stereocenters. The van der Waals surface area contributed by atoms with Crippen LogP contribution in [-0.2, 0) is 4.79 Å². The molecule has 0 radical (unpaired) electrons. The average molecular weight is 306 g/mol. The molecule has 5 nitrogen and oxygen atoms in total. The molecule has 128 valence electrons. The minimum Gasteiger partial charge on any atom is -0.481 e. The molecule has 0 aliphatic carbocycles. The van der Waals surface area contributed by atoms with Crippen LogP contribution in [0.1, 0.15) is 71.1 Å². The number of unbranched alkanes of at least 4 members (excludes halogenated alkanes) is 6. The van der Waals surface area contributed by atoms with Gasteiger partial charge in [-0.1, -0.05) is 45.4 Å². The molecule has 0 heterocycles. The summed E-state index contributed by atoms with van der Waals surface area (Å²) >= 11 is 0. The highest BCUT2D eigenvalue weighted by Crippen LogP contribution is 2.08. The van der Waals surface area contributed by atoms with E-state index < -0.39 is 5.97 Å². The number of hydrogen-bond donors (Lipinski definition) is 4. The number of rotatable bonds is 13. The smallest absolute Gasteiger partial charge is 0.303 e. The largest absolute Gasteiger partial charge is 0.481 e. The van der Waals surface area contributed by atoms with Crippen molar-refractivity contribution in [1.82, 2.24) is 0 Å². The molecule has 0 fully saturated rings. The van der Waals surface area contributed by atoms with Gasteiger partial charge >= 0.3 is 5.97 Å². The lowest BCUT2D eigenvalue weighted by atomic mass is 10.1. The summed E-state index contributed by atoms with van der Waals surface area (Å²) in [4.78, 5) is 10.1. The molecule has 0 spiro atoms. The zero-order valence-electron chi connectivity index (χ0n) is 13.5. The highest BCUT2D eigenvalue weighted by Gasteiger charge is 2.03. The molecule has 0 saturated carbocycles. The van der Waals surface area contributed by atoms with Crippen molar-refractivity contribution in [2.75, 3.05) is 19.8 Å². The molecule has 0 bridgehead atoms. The molecule has 0 aliphatic rings. The summed E-state index contributed by atoms with van der Waals surface area (Å²) in [5, 5.41) is 33.7. The minimum atomic E-state index is -0.663. The van der Waals surface area contributed by atoms with Crippen molar-refractivity contribution < 1.29 is 25.2 Å². The zero-order chi connectivity index (χ0) is 16.3. The van der Waals surface area contributed by atoms with Crippen LogP contribution in [0.3, 0.4) is 0 Å². The number of aliphatic carboxylic acids is 1. The Morgan fingerprint density at radius 2 is 1.38 bits per heavy atom. The maximum absolute atomic E-state index is 10.1. The van der Waals surface area contributed by atoms with E-state index >= 15 is 0 Å². The van der Waals surface area contributed by atoms with Crippen molar-refractivity contribution in [1.29, 1.82) is 0 Å². The van der Waals surface area contributed by atoms with E-state index in [0.717, 1.165) is 12.8 Å². The summed E-state index contributed by atoms with van der Waals surface area (Å²) in [6.07, 6.45) is 10.00. The summed E-state index contributed by atoms with van der Waals surface area (Å²) in [6.45, 7) is 2.36. The van der Waals surface area contributed by atoms with Gasteiger partial charge < -0.3 is 20.4 Å². The van der Waals surface area contributed by atoms with Gasteiger partial charge in [-0.15, -0.1) is 0 Å². The second-order valence-electron chi connectivity index (χ2n) is 5.36. The Balaban J connectivity index is 0. The van der Waals surface area contributed by atoms with Crippen LogP contribution in [0.25, 0.3) is 0 Å². The predicted molar refractivity (Wildman–Crippen MR) is 84.2 cm³/mol. The van der Waals surface area contributed by atoms with Crippen LogP contribution >= 0.6 is 0 Å². The van der Waals surface area contributed by atoms with Crippen LogP contribution < -0.4 is 0 Å². The van der Waals surface area contributed by atoms with Gasteiger partial charge in [0.1, 0.15) is 0 Å². The third-order valence-electron chi connectivity index (χ3n) is 3.28. The van der Waals surface area contributed by atoms with Gasteiger partial charge in [-0.25, -0.2) is 0 Å². The number of hydrogen-bond acceptors (Lipinski definition) is 4. The molecule has 0 aliphatic heterocycles. The van der Waals surface area contributed by atoms with Gasteiger partial charge in [-0.3, -0.25) is 4.79 Å².